The van der Waals surface area contributed by atoms with E-state index in [4.69, 9.17) is 0 Å². The second-order valence-corrected chi connectivity index (χ2v) is 4.03. The van der Waals surface area contributed by atoms with Crippen LogP contribution < -0.4 is 0 Å². The molecule has 0 aromatic carbocycles. The predicted octanol–water partition coefficient (Wildman–Crippen LogP) is 3.23. The van der Waals surface area contributed by atoms with Gasteiger partial charge in [-0.25, -0.2) is 4.79 Å². The molecule has 0 aromatic heterocycles. The number of alkyl halides is 3. The van der Waals surface area contributed by atoms with Crippen LogP contribution in [0.3, 0.4) is 0 Å². The van der Waals surface area contributed by atoms with Crippen LogP contribution in [0, 0.1) is 0 Å². The van der Waals surface area contributed by atoms with Crippen molar-refractivity contribution < 1.29 is 22.7 Å². The molecular weight excluding hydrogens is 209 g/mol. The zero-order valence-electron chi connectivity index (χ0n) is 9.23. The Kier molecular flexibility index (Phi) is 4.37. The third kappa shape index (κ3) is 5.44. The summed E-state index contributed by atoms with van der Waals surface area (Å²) in [5, 5.41) is 0. The number of carbonyl (C=O) groups excluding carboxylic acids is 1. The lowest BCUT2D eigenvalue weighted by Gasteiger charge is -2.21. The second kappa shape index (κ2) is 4.68. The third-order valence-corrected chi connectivity index (χ3v) is 1.33. The highest BCUT2D eigenvalue weighted by molar-refractivity contribution is 5.90. The molecule has 0 saturated heterocycles. The van der Waals surface area contributed by atoms with E-state index in [1.165, 1.54) is 27.7 Å². The van der Waals surface area contributed by atoms with Gasteiger partial charge in [0.2, 0.25) is 0 Å². The quantitative estimate of drug-likeness (QED) is 0.531. The molecule has 0 radical (unpaired) electrons. The summed E-state index contributed by atoms with van der Waals surface area (Å²) in [6.45, 7) is 6.08. The van der Waals surface area contributed by atoms with Crippen LogP contribution in [-0.4, -0.2) is 17.7 Å². The summed E-state index contributed by atoms with van der Waals surface area (Å²) in [7, 11) is 0. The molecule has 5 heteroatoms. The standard InChI is InChI=1S/C10H15F3O2/c1-5-6-7(10(11,12)13)8(14)15-9(2,3)4/h6H,5H2,1-4H3. The highest BCUT2D eigenvalue weighted by atomic mass is 19.4. The Morgan fingerprint density at radius 1 is 1.27 bits per heavy atom. The summed E-state index contributed by atoms with van der Waals surface area (Å²) >= 11 is 0. The van der Waals surface area contributed by atoms with Crippen LogP contribution >= 0.6 is 0 Å². The first-order valence-electron chi connectivity index (χ1n) is 4.58. The van der Waals surface area contributed by atoms with Crippen molar-refractivity contribution in [1.29, 1.82) is 0 Å². The lowest BCUT2D eigenvalue weighted by atomic mass is 10.1. The largest absolute Gasteiger partial charge is 0.456 e. The monoisotopic (exact) mass is 224 g/mol. The first kappa shape index (κ1) is 14.0. The molecule has 0 rings (SSSR count). The molecule has 2 nitrogen and oxygen atoms in total. The van der Waals surface area contributed by atoms with Crippen molar-refractivity contribution in [3.63, 3.8) is 0 Å². The maximum Gasteiger partial charge on any atom is 0.423 e. The van der Waals surface area contributed by atoms with Crippen LogP contribution in [0.15, 0.2) is 11.6 Å². The van der Waals surface area contributed by atoms with E-state index in [1.807, 2.05) is 0 Å². The minimum absolute atomic E-state index is 0.133. The SMILES string of the molecule is CCC=C(C(=O)OC(C)(C)C)C(F)(F)F. The van der Waals surface area contributed by atoms with Crippen molar-refractivity contribution >= 4 is 5.97 Å². The van der Waals surface area contributed by atoms with Gasteiger partial charge < -0.3 is 4.74 Å². The molecule has 0 spiro atoms. The van der Waals surface area contributed by atoms with E-state index in [9.17, 15) is 18.0 Å². The van der Waals surface area contributed by atoms with Gasteiger partial charge in [-0.2, -0.15) is 13.2 Å². The van der Waals surface area contributed by atoms with Crippen molar-refractivity contribution in [3.8, 4) is 0 Å². The van der Waals surface area contributed by atoms with Crippen LogP contribution in [0.2, 0.25) is 0 Å². The Morgan fingerprint density at radius 2 is 1.73 bits per heavy atom. The molecule has 88 valence electrons. The third-order valence-electron chi connectivity index (χ3n) is 1.33. The molecular formula is C10H15F3O2. The first-order chi connectivity index (χ1) is 6.58. The second-order valence-electron chi connectivity index (χ2n) is 4.03. The maximum absolute atomic E-state index is 12.4. The Bertz CT molecular complexity index is 259. The molecule has 0 bridgehead atoms. The van der Waals surface area contributed by atoms with Gasteiger partial charge in [-0.3, -0.25) is 0 Å². The van der Waals surface area contributed by atoms with Gasteiger partial charge in [0.25, 0.3) is 0 Å². The van der Waals surface area contributed by atoms with E-state index in [-0.39, 0.29) is 6.42 Å². The van der Waals surface area contributed by atoms with Crippen molar-refractivity contribution in [2.24, 2.45) is 0 Å². The molecule has 0 heterocycles. The highest BCUT2D eigenvalue weighted by Crippen LogP contribution is 2.28. The van der Waals surface area contributed by atoms with Crippen molar-refractivity contribution in [2.45, 2.75) is 45.9 Å². The number of hydrogen-bond acceptors (Lipinski definition) is 2. The number of halogens is 3. The number of carbonyl (C=O) groups is 1. The minimum Gasteiger partial charge on any atom is -0.456 e. The predicted molar refractivity (Wildman–Crippen MR) is 50.3 cm³/mol. The molecule has 0 saturated carbocycles. The van der Waals surface area contributed by atoms with Gasteiger partial charge in [-0.15, -0.1) is 0 Å². The van der Waals surface area contributed by atoms with E-state index in [0.717, 1.165) is 6.08 Å². The summed E-state index contributed by atoms with van der Waals surface area (Å²) in [5.41, 5.74) is -2.16. The summed E-state index contributed by atoms with van der Waals surface area (Å²) in [6.07, 6.45) is -3.69. The van der Waals surface area contributed by atoms with E-state index in [0.29, 0.717) is 0 Å². The molecule has 0 atom stereocenters. The fourth-order valence-corrected chi connectivity index (χ4v) is 0.852. The average molecular weight is 224 g/mol. The summed E-state index contributed by atoms with van der Waals surface area (Å²) in [4.78, 5) is 11.2. The first-order valence-corrected chi connectivity index (χ1v) is 4.58. The molecule has 0 fully saturated rings. The molecule has 0 aromatic rings. The van der Waals surface area contributed by atoms with Gasteiger partial charge in [-0.1, -0.05) is 13.0 Å². The molecule has 0 aliphatic rings. The molecule has 0 N–H and O–H groups in total. The summed E-state index contributed by atoms with van der Waals surface area (Å²) in [5.74, 6) is -1.32. The Labute approximate surface area is 87.1 Å². The van der Waals surface area contributed by atoms with E-state index >= 15 is 0 Å². The molecule has 0 unspecified atom stereocenters. The van der Waals surface area contributed by atoms with E-state index < -0.39 is 23.3 Å². The van der Waals surface area contributed by atoms with Gasteiger partial charge in [0.05, 0.1) is 0 Å². The van der Waals surface area contributed by atoms with Crippen LogP contribution in [0.4, 0.5) is 13.2 Å². The van der Waals surface area contributed by atoms with E-state index in [2.05, 4.69) is 4.74 Å². The average Bonchev–Trinajstić information content (AvgIpc) is 1.93. The summed E-state index contributed by atoms with van der Waals surface area (Å²) in [6, 6.07) is 0. The molecule has 0 amide bonds. The summed E-state index contributed by atoms with van der Waals surface area (Å²) < 4.78 is 41.7. The van der Waals surface area contributed by atoms with Crippen molar-refractivity contribution in [1.82, 2.24) is 0 Å². The van der Waals surface area contributed by atoms with Gasteiger partial charge in [0.1, 0.15) is 11.2 Å². The maximum atomic E-state index is 12.4. The number of allylic oxidation sites excluding steroid dienone is 1. The van der Waals surface area contributed by atoms with Gasteiger partial charge in [0, 0.05) is 0 Å². The molecule has 0 aliphatic heterocycles. The topological polar surface area (TPSA) is 26.3 Å². The normalized spacial score (nSPS) is 13.9. The Hall–Kier alpha value is -1.00. The van der Waals surface area contributed by atoms with Crippen molar-refractivity contribution in [2.75, 3.05) is 0 Å². The van der Waals surface area contributed by atoms with Crippen molar-refractivity contribution in [3.05, 3.63) is 11.6 Å². The highest BCUT2D eigenvalue weighted by Gasteiger charge is 2.40. The van der Waals surface area contributed by atoms with Gasteiger partial charge in [0.15, 0.2) is 0 Å². The zero-order chi connectivity index (χ0) is 12.3. The fraction of sp³-hybridized carbons (Fsp3) is 0.700. The van der Waals surface area contributed by atoms with Crippen LogP contribution in [0.5, 0.6) is 0 Å². The van der Waals surface area contributed by atoms with Gasteiger partial charge >= 0.3 is 12.1 Å². The lowest BCUT2D eigenvalue weighted by molar-refractivity contribution is -0.160. The zero-order valence-corrected chi connectivity index (χ0v) is 9.23. The van der Waals surface area contributed by atoms with Crippen LogP contribution in [0.25, 0.3) is 0 Å². The minimum atomic E-state index is -4.65. The smallest absolute Gasteiger partial charge is 0.423 e. The number of rotatable bonds is 2. The Balaban J connectivity index is 4.83. The fourth-order valence-electron chi connectivity index (χ4n) is 0.852. The number of esters is 1. The van der Waals surface area contributed by atoms with E-state index in [1.54, 1.807) is 0 Å². The van der Waals surface area contributed by atoms with Gasteiger partial charge in [-0.05, 0) is 27.2 Å². The number of ether oxygens (including phenoxy) is 1. The molecule has 15 heavy (non-hydrogen) atoms. The van der Waals surface area contributed by atoms with Crippen LogP contribution in [0.1, 0.15) is 34.1 Å². The van der Waals surface area contributed by atoms with Crippen LogP contribution in [-0.2, 0) is 9.53 Å². The number of hydrogen-bond donors (Lipinski definition) is 0. The Morgan fingerprint density at radius 3 is 2.00 bits per heavy atom. The lowest BCUT2D eigenvalue weighted by Crippen LogP contribution is -2.29. The molecule has 0 aliphatic carbocycles.